The molecule has 0 spiro atoms. The zero-order valence-corrected chi connectivity index (χ0v) is 8.30. The van der Waals surface area contributed by atoms with E-state index < -0.39 is 11.7 Å². The molecule has 0 saturated carbocycles. The Labute approximate surface area is 87.5 Å². The molecule has 0 aromatic heterocycles. The minimum atomic E-state index is -0.490. The zero-order valence-electron chi connectivity index (χ0n) is 8.30. The van der Waals surface area contributed by atoms with E-state index >= 15 is 0 Å². The maximum Gasteiger partial charge on any atom is 0.254 e. The molecule has 0 aliphatic carbocycles. The smallest absolute Gasteiger partial charge is 0.254 e. The zero-order chi connectivity index (χ0) is 11.3. The average molecular weight is 206 g/mol. The van der Waals surface area contributed by atoms with Crippen LogP contribution in [0.3, 0.4) is 0 Å². The summed E-state index contributed by atoms with van der Waals surface area (Å²) in [6.45, 7) is 1.90. The number of hydrogen-bond acceptors (Lipinski definition) is 2. The largest absolute Gasteiger partial charge is 0.398 e. The minimum absolute atomic E-state index is 0.132. The number of amides is 1. The summed E-state index contributed by atoms with van der Waals surface area (Å²) in [6.07, 6.45) is 0. The monoisotopic (exact) mass is 206 g/mol. The fourth-order valence-corrected chi connectivity index (χ4v) is 1.03. The summed E-state index contributed by atoms with van der Waals surface area (Å²) >= 11 is 0. The molecule has 1 aromatic rings. The van der Waals surface area contributed by atoms with Crippen LogP contribution in [0.5, 0.6) is 0 Å². The van der Waals surface area contributed by atoms with Crippen LogP contribution >= 0.6 is 0 Å². The fraction of sp³-hybridized carbons (Fsp3) is 0.182. The molecule has 0 fully saturated rings. The highest BCUT2D eigenvalue weighted by atomic mass is 19.1. The molecule has 1 aromatic carbocycles. The molecule has 3 N–H and O–H groups in total. The second-order valence-electron chi connectivity index (χ2n) is 2.84. The van der Waals surface area contributed by atoms with Gasteiger partial charge in [0.2, 0.25) is 0 Å². The number of nitrogens with two attached hydrogens (primary N) is 1. The molecule has 0 saturated heterocycles. The molecule has 0 unspecified atom stereocenters. The van der Waals surface area contributed by atoms with Gasteiger partial charge in [-0.1, -0.05) is 5.92 Å². The number of hydrogen-bond donors (Lipinski definition) is 2. The van der Waals surface area contributed by atoms with Gasteiger partial charge in [0.05, 0.1) is 12.1 Å². The number of carbonyl (C=O) groups excluding carboxylic acids is 1. The summed E-state index contributed by atoms with van der Waals surface area (Å²) < 4.78 is 12.8. The molecule has 0 atom stereocenters. The standard InChI is InChI=1S/C11H11FN2O/c1-2-3-6-14-11(15)9-7-8(12)4-5-10(9)13/h4-5,7H,6,13H2,1H3,(H,14,15). The van der Waals surface area contributed by atoms with Crippen LogP contribution in [0.1, 0.15) is 17.3 Å². The van der Waals surface area contributed by atoms with Gasteiger partial charge in [-0.15, -0.1) is 5.92 Å². The molecule has 0 heterocycles. The van der Waals surface area contributed by atoms with Crippen LogP contribution in [-0.2, 0) is 0 Å². The lowest BCUT2D eigenvalue weighted by Gasteiger charge is -2.04. The first kappa shape index (κ1) is 11.1. The van der Waals surface area contributed by atoms with Crippen molar-refractivity contribution < 1.29 is 9.18 Å². The number of carbonyl (C=O) groups is 1. The van der Waals surface area contributed by atoms with Crippen LogP contribution in [0.2, 0.25) is 0 Å². The van der Waals surface area contributed by atoms with Crippen LogP contribution in [0.25, 0.3) is 0 Å². The van der Waals surface area contributed by atoms with Crippen LogP contribution < -0.4 is 11.1 Å². The van der Waals surface area contributed by atoms with Gasteiger partial charge in [-0.05, 0) is 25.1 Å². The van der Waals surface area contributed by atoms with E-state index in [-0.39, 0.29) is 17.8 Å². The number of nitrogens with one attached hydrogen (secondary N) is 1. The molecule has 1 rings (SSSR count). The number of rotatable bonds is 2. The summed E-state index contributed by atoms with van der Waals surface area (Å²) in [7, 11) is 0. The normalized spacial score (nSPS) is 8.93. The van der Waals surface area contributed by atoms with Gasteiger partial charge < -0.3 is 11.1 Å². The molecule has 3 nitrogen and oxygen atoms in total. The molecular weight excluding hydrogens is 195 g/mol. The van der Waals surface area contributed by atoms with Gasteiger partial charge in [-0.2, -0.15) is 0 Å². The number of benzene rings is 1. The van der Waals surface area contributed by atoms with Crippen LogP contribution in [0.4, 0.5) is 10.1 Å². The van der Waals surface area contributed by atoms with E-state index in [9.17, 15) is 9.18 Å². The highest BCUT2D eigenvalue weighted by Gasteiger charge is 2.09. The van der Waals surface area contributed by atoms with Crippen molar-refractivity contribution in [2.24, 2.45) is 0 Å². The highest BCUT2D eigenvalue weighted by molar-refractivity contribution is 5.99. The fourth-order valence-electron chi connectivity index (χ4n) is 1.03. The van der Waals surface area contributed by atoms with Crippen LogP contribution in [-0.4, -0.2) is 12.5 Å². The predicted octanol–water partition coefficient (Wildman–Crippen LogP) is 1.16. The number of halogens is 1. The first-order valence-electron chi connectivity index (χ1n) is 4.38. The Morgan fingerprint density at radius 3 is 3.00 bits per heavy atom. The third-order valence-electron chi connectivity index (χ3n) is 1.77. The van der Waals surface area contributed by atoms with Crippen LogP contribution in [0, 0.1) is 17.7 Å². The molecule has 0 radical (unpaired) electrons. The first-order chi connectivity index (χ1) is 7.15. The summed E-state index contributed by atoms with van der Waals surface area (Å²) in [6, 6.07) is 3.66. The molecule has 0 aliphatic heterocycles. The van der Waals surface area contributed by atoms with Gasteiger partial charge in [0.15, 0.2) is 0 Å². The SMILES string of the molecule is CC#CCNC(=O)c1cc(F)ccc1N. The van der Waals surface area contributed by atoms with Gasteiger partial charge in [0, 0.05) is 5.69 Å². The number of anilines is 1. The average Bonchev–Trinajstić information content (AvgIpc) is 2.22. The Morgan fingerprint density at radius 2 is 2.33 bits per heavy atom. The third kappa shape index (κ3) is 2.99. The first-order valence-corrected chi connectivity index (χ1v) is 4.38. The summed E-state index contributed by atoms with van der Waals surface area (Å²) in [5, 5.41) is 2.51. The van der Waals surface area contributed by atoms with Gasteiger partial charge >= 0.3 is 0 Å². The quantitative estimate of drug-likeness (QED) is 0.563. The van der Waals surface area contributed by atoms with Gasteiger partial charge in [0.25, 0.3) is 5.91 Å². The lowest BCUT2D eigenvalue weighted by Crippen LogP contribution is -2.24. The van der Waals surface area contributed by atoms with E-state index in [0.717, 1.165) is 6.07 Å². The lowest BCUT2D eigenvalue weighted by molar-refractivity contribution is 0.0959. The maximum atomic E-state index is 12.8. The van der Waals surface area contributed by atoms with Crippen molar-refractivity contribution in [3.8, 4) is 11.8 Å². The van der Waals surface area contributed by atoms with Crippen molar-refractivity contribution in [1.29, 1.82) is 0 Å². The molecule has 4 heteroatoms. The lowest BCUT2D eigenvalue weighted by atomic mass is 10.1. The highest BCUT2D eigenvalue weighted by Crippen LogP contribution is 2.12. The van der Waals surface area contributed by atoms with Crippen molar-refractivity contribution in [2.45, 2.75) is 6.92 Å². The topological polar surface area (TPSA) is 55.1 Å². The molecule has 0 bridgehead atoms. The van der Waals surface area contributed by atoms with Crippen molar-refractivity contribution in [1.82, 2.24) is 5.32 Å². The Kier molecular flexibility index (Phi) is 3.69. The van der Waals surface area contributed by atoms with Crippen LogP contribution in [0.15, 0.2) is 18.2 Å². The Bertz CT molecular complexity index is 432. The van der Waals surface area contributed by atoms with E-state index in [1.54, 1.807) is 6.92 Å². The van der Waals surface area contributed by atoms with Gasteiger partial charge in [-0.25, -0.2) is 4.39 Å². The van der Waals surface area contributed by atoms with Crippen molar-refractivity contribution in [2.75, 3.05) is 12.3 Å². The van der Waals surface area contributed by atoms with Crippen molar-refractivity contribution in [3.63, 3.8) is 0 Å². The van der Waals surface area contributed by atoms with Crippen molar-refractivity contribution >= 4 is 11.6 Å². The minimum Gasteiger partial charge on any atom is -0.398 e. The summed E-state index contributed by atoms with van der Waals surface area (Å²) in [5.41, 5.74) is 5.91. The predicted molar refractivity (Wildman–Crippen MR) is 56.6 cm³/mol. The van der Waals surface area contributed by atoms with Gasteiger partial charge in [0.1, 0.15) is 5.82 Å². The van der Waals surface area contributed by atoms with Gasteiger partial charge in [-0.3, -0.25) is 4.79 Å². The Morgan fingerprint density at radius 1 is 1.60 bits per heavy atom. The van der Waals surface area contributed by atoms with E-state index in [2.05, 4.69) is 17.2 Å². The van der Waals surface area contributed by atoms with E-state index in [1.165, 1.54) is 12.1 Å². The molecule has 0 aliphatic rings. The molecule has 1 amide bonds. The van der Waals surface area contributed by atoms with E-state index in [4.69, 9.17) is 5.73 Å². The Hall–Kier alpha value is -2.02. The van der Waals surface area contributed by atoms with E-state index in [1.807, 2.05) is 0 Å². The summed E-state index contributed by atoms with van der Waals surface area (Å²) in [4.78, 5) is 11.5. The number of nitrogen functional groups attached to an aromatic ring is 1. The molecular formula is C11H11FN2O. The molecule has 15 heavy (non-hydrogen) atoms. The molecule has 78 valence electrons. The Balaban J connectivity index is 2.80. The van der Waals surface area contributed by atoms with E-state index in [0.29, 0.717) is 0 Å². The maximum absolute atomic E-state index is 12.8. The van der Waals surface area contributed by atoms with Crippen molar-refractivity contribution in [3.05, 3.63) is 29.6 Å². The summed E-state index contributed by atoms with van der Waals surface area (Å²) in [5.74, 6) is 4.39. The second kappa shape index (κ2) is 5.01. The third-order valence-corrected chi connectivity index (χ3v) is 1.77. The second-order valence-corrected chi connectivity index (χ2v) is 2.84.